The Labute approximate surface area is 175 Å². The van der Waals surface area contributed by atoms with Crippen molar-refractivity contribution in [3.8, 4) is 11.3 Å². The van der Waals surface area contributed by atoms with Crippen LogP contribution < -0.4 is 21.2 Å². The van der Waals surface area contributed by atoms with E-state index in [-0.39, 0.29) is 18.0 Å². The number of nitrogens with one attached hydrogen (secondary N) is 2. The smallest absolute Gasteiger partial charge is 0.240 e. The summed E-state index contributed by atoms with van der Waals surface area (Å²) in [6, 6.07) is 18.3. The number of rotatable bonds is 7. The minimum Gasteiger partial charge on any atom is -0.340 e. The second-order valence-corrected chi connectivity index (χ2v) is 8.56. The molecule has 30 heavy (non-hydrogen) atoms. The zero-order chi connectivity index (χ0) is 21.1. The Kier molecular flexibility index (Phi) is 5.54. The van der Waals surface area contributed by atoms with Crippen molar-refractivity contribution in [3.63, 3.8) is 0 Å². The molecule has 2 aromatic heterocycles. The van der Waals surface area contributed by atoms with Crippen molar-refractivity contribution in [1.82, 2.24) is 19.3 Å². The summed E-state index contributed by atoms with van der Waals surface area (Å²) >= 11 is 0. The third kappa shape index (κ3) is 4.06. The summed E-state index contributed by atoms with van der Waals surface area (Å²) in [5, 5.41) is 7.73. The second kappa shape index (κ2) is 8.27. The Morgan fingerprint density at radius 3 is 2.50 bits per heavy atom. The van der Waals surface area contributed by atoms with Gasteiger partial charge >= 0.3 is 0 Å². The average Bonchev–Trinajstić information content (AvgIpc) is 3.14. The molecule has 0 atom stereocenters. The number of fused-ring (bicyclic) bond motifs is 1. The van der Waals surface area contributed by atoms with Gasteiger partial charge < -0.3 is 11.1 Å². The van der Waals surface area contributed by atoms with E-state index in [0.29, 0.717) is 0 Å². The molecule has 0 amide bonds. The molecule has 0 fully saturated rings. The summed E-state index contributed by atoms with van der Waals surface area (Å²) < 4.78 is 28.6. The summed E-state index contributed by atoms with van der Waals surface area (Å²) in [6.45, 7) is 0.433. The van der Waals surface area contributed by atoms with Gasteiger partial charge in [0, 0.05) is 36.6 Å². The van der Waals surface area contributed by atoms with Crippen molar-refractivity contribution in [1.29, 1.82) is 0 Å². The average molecular weight is 420 g/mol. The van der Waals surface area contributed by atoms with E-state index in [2.05, 4.69) is 15.1 Å². The number of aromatic nitrogens is 3. The van der Waals surface area contributed by atoms with Crippen molar-refractivity contribution in [2.24, 2.45) is 5.73 Å². The predicted molar refractivity (Wildman–Crippen MR) is 121 cm³/mol. The van der Waals surface area contributed by atoms with E-state index in [4.69, 9.17) is 10.7 Å². The van der Waals surface area contributed by atoms with Gasteiger partial charge in [0.1, 0.15) is 13.7 Å². The molecular formula is C20H21BN6O2S. The molecular weight excluding hydrogens is 399 g/mol. The lowest BCUT2D eigenvalue weighted by Gasteiger charge is -2.12. The Morgan fingerprint density at radius 2 is 1.80 bits per heavy atom. The molecule has 0 spiro atoms. The van der Waals surface area contributed by atoms with Crippen molar-refractivity contribution in [2.45, 2.75) is 4.90 Å². The van der Waals surface area contributed by atoms with Crippen LogP contribution in [0.2, 0.25) is 0 Å². The van der Waals surface area contributed by atoms with E-state index in [0.717, 1.165) is 33.9 Å². The SMILES string of the molecule is Bc1cnn2c(Nc3ccc(S(=O)(=O)NCCN)cc3)cc(-c3ccccc3)nc12. The zero-order valence-corrected chi connectivity index (χ0v) is 17.2. The van der Waals surface area contributed by atoms with Crippen LogP contribution in [0.3, 0.4) is 0 Å². The molecule has 0 aliphatic heterocycles. The van der Waals surface area contributed by atoms with Crippen LogP contribution in [0.15, 0.2) is 71.8 Å². The van der Waals surface area contributed by atoms with E-state index >= 15 is 0 Å². The summed E-state index contributed by atoms with van der Waals surface area (Å²) in [5.74, 6) is 0.726. The molecule has 8 nitrogen and oxygen atoms in total. The maximum atomic E-state index is 12.2. The molecule has 2 aromatic carbocycles. The number of hydrogen-bond donors (Lipinski definition) is 3. The third-order valence-electron chi connectivity index (χ3n) is 4.59. The van der Waals surface area contributed by atoms with Crippen LogP contribution in [0.5, 0.6) is 0 Å². The first-order valence-electron chi connectivity index (χ1n) is 9.45. The monoisotopic (exact) mass is 420 g/mol. The molecule has 0 saturated carbocycles. The third-order valence-corrected chi connectivity index (χ3v) is 6.07. The van der Waals surface area contributed by atoms with E-state index in [9.17, 15) is 8.42 Å². The minimum absolute atomic E-state index is 0.182. The Bertz CT molecular complexity index is 1270. The van der Waals surface area contributed by atoms with Gasteiger partial charge in [-0.25, -0.2) is 18.1 Å². The fourth-order valence-corrected chi connectivity index (χ4v) is 4.11. The summed E-state index contributed by atoms with van der Waals surface area (Å²) in [5.41, 5.74) is 9.63. The summed E-state index contributed by atoms with van der Waals surface area (Å²) in [7, 11) is -1.61. The van der Waals surface area contributed by atoms with Crippen LogP contribution in [0.1, 0.15) is 0 Å². The second-order valence-electron chi connectivity index (χ2n) is 6.79. The number of benzene rings is 2. The van der Waals surface area contributed by atoms with Crippen molar-refractivity contribution in [2.75, 3.05) is 18.4 Å². The first kappa shape index (κ1) is 20.1. The van der Waals surface area contributed by atoms with Gasteiger partial charge in [-0.05, 0) is 29.7 Å². The van der Waals surface area contributed by atoms with E-state index < -0.39 is 10.0 Å². The Morgan fingerprint density at radius 1 is 1.07 bits per heavy atom. The fraction of sp³-hybridized carbons (Fsp3) is 0.100. The molecule has 4 rings (SSSR count). The molecule has 0 bridgehead atoms. The topological polar surface area (TPSA) is 114 Å². The van der Waals surface area contributed by atoms with Gasteiger partial charge in [0.2, 0.25) is 10.0 Å². The lowest BCUT2D eigenvalue weighted by Crippen LogP contribution is -2.29. The summed E-state index contributed by atoms with van der Waals surface area (Å²) in [4.78, 5) is 4.93. The highest BCUT2D eigenvalue weighted by molar-refractivity contribution is 7.89. The summed E-state index contributed by atoms with van der Waals surface area (Å²) in [6.07, 6.45) is 1.76. The lowest BCUT2D eigenvalue weighted by molar-refractivity contribution is 0.582. The predicted octanol–water partition coefficient (Wildman–Crippen LogP) is 0.635. The van der Waals surface area contributed by atoms with E-state index in [1.807, 2.05) is 44.2 Å². The van der Waals surface area contributed by atoms with Crippen LogP contribution in [0.25, 0.3) is 16.9 Å². The van der Waals surface area contributed by atoms with Crippen LogP contribution in [0, 0.1) is 0 Å². The molecule has 0 aliphatic carbocycles. The zero-order valence-electron chi connectivity index (χ0n) is 16.4. The van der Waals surface area contributed by atoms with Crippen molar-refractivity contribution in [3.05, 3.63) is 66.9 Å². The largest absolute Gasteiger partial charge is 0.340 e. The molecule has 4 aromatic rings. The first-order valence-corrected chi connectivity index (χ1v) is 10.9. The lowest BCUT2D eigenvalue weighted by atomic mass is 10.0. The van der Waals surface area contributed by atoms with Crippen LogP contribution in [0.4, 0.5) is 11.5 Å². The standard InChI is InChI=1S/C20H21BN6O2S/c21-17-13-23-27-19(12-18(26-20(17)27)14-4-2-1-3-5-14)25-15-6-8-16(9-7-15)30(28,29)24-11-10-22/h1-9,12-13,24-25H,10-11,21-22H2. The highest BCUT2D eigenvalue weighted by Gasteiger charge is 2.14. The highest BCUT2D eigenvalue weighted by atomic mass is 32.2. The molecule has 0 unspecified atom stereocenters. The van der Waals surface area contributed by atoms with Gasteiger partial charge in [0.15, 0.2) is 5.65 Å². The number of anilines is 2. The number of sulfonamides is 1. The first-order chi connectivity index (χ1) is 14.5. The van der Waals surface area contributed by atoms with Crippen LogP contribution in [-0.2, 0) is 10.0 Å². The highest BCUT2D eigenvalue weighted by Crippen LogP contribution is 2.24. The Hall–Kier alpha value is -3.21. The van der Waals surface area contributed by atoms with Gasteiger partial charge in [0.25, 0.3) is 0 Å². The van der Waals surface area contributed by atoms with E-state index in [1.54, 1.807) is 35.0 Å². The maximum Gasteiger partial charge on any atom is 0.240 e. The van der Waals surface area contributed by atoms with Crippen LogP contribution >= 0.6 is 0 Å². The van der Waals surface area contributed by atoms with Crippen molar-refractivity contribution >= 4 is 40.5 Å². The van der Waals surface area contributed by atoms with Gasteiger partial charge in [0.05, 0.1) is 10.6 Å². The minimum atomic E-state index is -3.57. The number of hydrogen-bond acceptors (Lipinski definition) is 6. The molecule has 4 N–H and O–H groups in total. The fourth-order valence-electron chi connectivity index (χ4n) is 3.06. The molecule has 0 saturated heterocycles. The van der Waals surface area contributed by atoms with Gasteiger partial charge in [-0.1, -0.05) is 30.3 Å². The van der Waals surface area contributed by atoms with Gasteiger partial charge in [-0.2, -0.15) is 9.61 Å². The van der Waals surface area contributed by atoms with E-state index in [1.165, 1.54) is 0 Å². The molecule has 10 heteroatoms. The molecule has 2 heterocycles. The van der Waals surface area contributed by atoms with Gasteiger partial charge in [-0.15, -0.1) is 0 Å². The molecule has 0 radical (unpaired) electrons. The number of nitrogens with two attached hydrogens (primary N) is 1. The normalized spacial score (nSPS) is 11.6. The maximum absolute atomic E-state index is 12.2. The Balaban J connectivity index is 1.68. The number of nitrogens with zero attached hydrogens (tertiary/aromatic N) is 3. The molecule has 0 aliphatic rings. The van der Waals surface area contributed by atoms with Crippen LogP contribution in [-0.4, -0.2) is 44.0 Å². The van der Waals surface area contributed by atoms with Crippen molar-refractivity contribution < 1.29 is 8.42 Å². The molecule has 152 valence electrons. The van der Waals surface area contributed by atoms with Gasteiger partial charge in [-0.3, -0.25) is 0 Å². The quantitative estimate of drug-likeness (QED) is 0.378.